The van der Waals surface area contributed by atoms with Gasteiger partial charge in [0.05, 0.1) is 17.7 Å². The molecule has 1 aromatic carbocycles. The molecule has 2 unspecified atom stereocenters. The first kappa shape index (κ1) is 17.0. The van der Waals surface area contributed by atoms with Crippen molar-refractivity contribution in [3.63, 3.8) is 0 Å². The topological polar surface area (TPSA) is 85.2 Å². The second kappa shape index (κ2) is 8.28. The summed E-state index contributed by atoms with van der Waals surface area (Å²) in [5.74, 6) is 0.258. The summed E-state index contributed by atoms with van der Waals surface area (Å²) in [5.41, 5.74) is 1.53. The number of aliphatic hydroxyl groups excluding tert-OH is 1. The number of benzene rings is 1. The van der Waals surface area contributed by atoms with Crippen molar-refractivity contribution in [2.24, 2.45) is 5.92 Å². The molecule has 0 fully saturated rings. The molecule has 0 bridgehead atoms. The van der Waals surface area contributed by atoms with Crippen molar-refractivity contribution in [3.05, 3.63) is 35.4 Å². The molecule has 0 aliphatic carbocycles. The number of nitrogens with one attached hydrogen (secondary N) is 2. The quantitative estimate of drug-likeness (QED) is 0.751. The number of nitrogens with zero attached hydrogens (tertiary/aromatic N) is 1. The van der Waals surface area contributed by atoms with Crippen molar-refractivity contribution in [3.8, 4) is 6.07 Å². The number of carbonyl (C=O) groups is 1. The molecule has 2 amide bonds. The number of hydrogen-bond donors (Lipinski definition) is 3. The van der Waals surface area contributed by atoms with Gasteiger partial charge in [0.25, 0.3) is 0 Å². The molecule has 1 rings (SSSR count). The molecule has 21 heavy (non-hydrogen) atoms. The Kier molecular flexibility index (Phi) is 6.70. The molecule has 0 aliphatic heterocycles. The number of nitriles is 1. The predicted molar refractivity (Wildman–Crippen MR) is 81.6 cm³/mol. The molecule has 114 valence electrons. The molecule has 3 N–H and O–H groups in total. The predicted octanol–water partition coefficient (Wildman–Crippen LogP) is 2.33. The van der Waals surface area contributed by atoms with Crippen LogP contribution in [0.1, 0.15) is 44.4 Å². The zero-order valence-electron chi connectivity index (χ0n) is 12.8. The van der Waals surface area contributed by atoms with Crippen LogP contribution in [0, 0.1) is 17.2 Å². The Labute approximate surface area is 126 Å². The number of aliphatic hydroxyl groups is 1. The number of urea groups is 1. The van der Waals surface area contributed by atoms with Crippen molar-refractivity contribution in [1.82, 2.24) is 10.6 Å². The fraction of sp³-hybridized carbons (Fsp3) is 0.500. The molecule has 1 aromatic rings. The van der Waals surface area contributed by atoms with E-state index < -0.39 is 0 Å². The van der Waals surface area contributed by atoms with Crippen LogP contribution < -0.4 is 10.6 Å². The summed E-state index contributed by atoms with van der Waals surface area (Å²) in [6.45, 7) is 5.95. The standard InChI is InChI=1S/C16H23N3O2/c1-11(2)15(8-9-20)19-16(21)18-12(3)14-6-4-13(10-17)5-7-14/h4-7,11-12,15,20H,8-9H2,1-3H3,(H2,18,19,21). The van der Waals surface area contributed by atoms with Crippen LogP contribution in [0.3, 0.4) is 0 Å². The summed E-state index contributed by atoms with van der Waals surface area (Å²) in [6.07, 6.45) is 0.538. The van der Waals surface area contributed by atoms with Crippen LogP contribution in [-0.2, 0) is 0 Å². The maximum Gasteiger partial charge on any atom is 0.315 e. The van der Waals surface area contributed by atoms with E-state index in [9.17, 15) is 4.79 Å². The highest BCUT2D eigenvalue weighted by Gasteiger charge is 2.17. The molecular formula is C16H23N3O2. The molecule has 0 saturated heterocycles. The van der Waals surface area contributed by atoms with Crippen LogP contribution in [0.2, 0.25) is 0 Å². The molecule has 2 atom stereocenters. The molecule has 0 radical (unpaired) electrons. The molecule has 0 aliphatic rings. The highest BCUT2D eigenvalue weighted by atomic mass is 16.3. The molecule has 5 nitrogen and oxygen atoms in total. The Morgan fingerprint density at radius 3 is 2.33 bits per heavy atom. The lowest BCUT2D eigenvalue weighted by atomic mass is 10.0. The third-order valence-corrected chi connectivity index (χ3v) is 3.45. The van der Waals surface area contributed by atoms with E-state index >= 15 is 0 Å². The summed E-state index contributed by atoms with van der Waals surface area (Å²) in [6, 6.07) is 8.73. The third kappa shape index (κ3) is 5.44. The van der Waals surface area contributed by atoms with Gasteiger partial charge in [-0.1, -0.05) is 26.0 Å². The van der Waals surface area contributed by atoms with Crippen LogP contribution in [0.5, 0.6) is 0 Å². The first-order valence-electron chi connectivity index (χ1n) is 7.15. The van der Waals surface area contributed by atoms with Gasteiger partial charge in [-0.05, 0) is 37.0 Å². The van der Waals surface area contributed by atoms with E-state index in [0.29, 0.717) is 12.0 Å². The second-order valence-corrected chi connectivity index (χ2v) is 5.44. The van der Waals surface area contributed by atoms with E-state index in [1.54, 1.807) is 12.1 Å². The van der Waals surface area contributed by atoms with Gasteiger partial charge in [0.2, 0.25) is 0 Å². The van der Waals surface area contributed by atoms with E-state index in [0.717, 1.165) is 5.56 Å². The zero-order chi connectivity index (χ0) is 15.8. The van der Waals surface area contributed by atoms with Gasteiger partial charge in [0.1, 0.15) is 0 Å². The Hall–Kier alpha value is -2.06. The lowest BCUT2D eigenvalue weighted by Crippen LogP contribution is -2.45. The lowest BCUT2D eigenvalue weighted by Gasteiger charge is -2.23. The minimum Gasteiger partial charge on any atom is -0.396 e. The van der Waals surface area contributed by atoms with Crippen molar-refractivity contribution in [2.75, 3.05) is 6.61 Å². The van der Waals surface area contributed by atoms with Crippen LogP contribution in [0.4, 0.5) is 4.79 Å². The smallest absolute Gasteiger partial charge is 0.315 e. The third-order valence-electron chi connectivity index (χ3n) is 3.45. The largest absolute Gasteiger partial charge is 0.396 e. The van der Waals surface area contributed by atoms with Gasteiger partial charge < -0.3 is 15.7 Å². The van der Waals surface area contributed by atoms with E-state index in [1.807, 2.05) is 32.9 Å². The van der Waals surface area contributed by atoms with Crippen molar-refractivity contribution in [2.45, 2.75) is 39.3 Å². The van der Waals surface area contributed by atoms with Gasteiger partial charge in [-0.3, -0.25) is 0 Å². The highest BCUT2D eigenvalue weighted by molar-refractivity contribution is 5.74. The molecule has 0 saturated carbocycles. The lowest BCUT2D eigenvalue weighted by molar-refractivity contribution is 0.216. The van der Waals surface area contributed by atoms with Crippen molar-refractivity contribution in [1.29, 1.82) is 5.26 Å². The number of amides is 2. The van der Waals surface area contributed by atoms with Gasteiger partial charge in [0.15, 0.2) is 0 Å². The average molecular weight is 289 g/mol. The Morgan fingerprint density at radius 1 is 1.24 bits per heavy atom. The molecular weight excluding hydrogens is 266 g/mol. The van der Waals surface area contributed by atoms with Crippen LogP contribution >= 0.6 is 0 Å². The van der Waals surface area contributed by atoms with Gasteiger partial charge in [-0.15, -0.1) is 0 Å². The van der Waals surface area contributed by atoms with Gasteiger partial charge in [-0.25, -0.2) is 4.79 Å². The van der Waals surface area contributed by atoms with E-state index in [4.69, 9.17) is 10.4 Å². The normalized spacial score (nSPS) is 13.3. The Bertz CT molecular complexity index is 491. The molecule has 0 heterocycles. The van der Waals surface area contributed by atoms with Crippen LogP contribution in [0.15, 0.2) is 24.3 Å². The van der Waals surface area contributed by atoms with Gasteiger partial charge in [-0.2, -0.15) is 5.26 Å². The second-order valence-electron chi connectivity index (χ2n) is 5.44. The highest BCUT2D eigenvalue weighted by Crippen LogP contribution is 2.13. The molecule has 5 heteroatoms. The molecule has 0 spiro atoms. The minimum absolute atomic E-state index is 0.0499. The summed E-state index contributed by atoms with van der Waals surface area (Å²) in [7, 11) is 0. The number of carbonyl (C=O) groups excluding carboxylic acids is 1. The van der Waals surface area contributed by atoms with Gasteiger partial charge in [0, 0.05) is 12.6 Å². The summed E-state index contributed by atoms with van der Waals surface area (Å²) in [5, 5.41) is 23.5. The monoisotopic (exact) mass is 289 g/mol. The summed E-state index contributed by atoms with van der Waals surface area (Å²) < 4.78 is 0. The fourth-order valence-corrected chi connectivity index (χ4v) is 2.05. The first-order valence-corrected chi connectivity index (χ1v) is 7.15. The van der Waals surface area contributed by atoms with Crippen molar-refractivity contribution < 1.29 is 9.90 Å². The average Bonchev–Trinajstić information content (AvgIpc) is 2.46. The van der Waals surface area contributed by atoms with Crippen LogP contribution in [-0.4, -0.2) is 23.8 Å². The van der Waals surface area contributed by atoms with E-state index in [1.165, 1.54) is 0 Å². The molecule has 0 aromatic heterocycles. The SMILES string of the molecule is CC(NC(=O)NC(CCO)C(C)C)c1ccc(C#N)cc1. The fourth-order valence-electron chi connectivity index (χ4n) is 2.05. The van der Waals surface area contributed by atoms with E-state index in [2.05, 4.69) is 16.7 Å². The summed E-state index contributed by atoms with van der Waals surface area (Å²) in [4.78, 5) is 12.0. The maximum absolute atomic E-state index is 12.0. The van der Waals surface area contributed by atoms with Gasteiger partial charge >= 0.3 is 6.03 Å². The first-order chi connectivity index (χ1) is 9.97. The Morgan fingerprint density at radius 2 is 1.86 bits per heavy atom. The summed E-state index contributed by atoms with van der Waals surface area (Å²) >= 11 is 0. The van der Waals surface area contributed by atoms with Crippen molar-refractivity contribution >= 4 is 6.03 Å². The Balaban J connectivity index is 2.58. The van der Waals surface area contributed by atoms with Crippen LogP contribution in [0.25, 0.3) is 0 Å². The zero-order valence-corrected chi connectivity index (χ0v) is 12.8. The maximum atomic E-state index is 12.0. The number of rotatable bonds is 6. The minimum atomic E-state index is -0.251. The van der Waals surface area contributed by atoms with E-state index in [-0.39, 0.29) is 30.6 Å². The number of hydrogen-bond acceptors (Lipinski definition) is 3.